The fourth-order valence-corrected chi connectivity index (χ4v) is 4.92. The van der Waals surface area contributed by atoms with E-state index in [9.17, 15) is 13.2 Å². The molecule has 0 aromatic heterocycles. The van der Waals surface area contributed by atoms with Gasteiger partial charge in [0.2, 0.25) is 0 Å². The number of aryl methyl sites for hydroxylation is 1. The minimum atomic E-state index is -3.84. The van der Waals surface area contributed by atoms with Gasteiger partial charge >= 0.3 is 0 Å². The van der Waals surface area contributed by atoms with Gasteiger partial charge in [-0.1, -0.05) is 0 Å². The smallest absolute Gasteiger partial charge is 0.264 e. The lowest BCUT2D eigenvalue weighted by atomic mass is 10.1. The third-order valence-electron chi connectivity index (χ3n) is 4.94. The van der Waals surface area contributed by atoms with Crippen LogP contribution in [0.25, 0.3) is 0 Å². The van der Waals surface area contributed by atoms with Gasteiger partial charge in [0, 0.05) is 27.9 Å². The number of carbonyl (C=O) groups is 1. The lowest BCUT2D eigenvalue weighted by Gasteiger charge is -2.20. The highest BCUT2D eigenvalue weighted by atomic mass is 127. The highest BCUT2D eigenvalue weighted by molar-refractivity contribution is 14.1. The van der Waals surface area contributed by atoms with Crippen LogP contribution in [0.4, 0.5) is 11.4 Å². The molecule has 7 nitrogen and oxygen atoms in total. The van der Waals surface area contributed by atoms with Crippen molar-refractivity contribution in [3.8, 4) is 11.5 Å². The molecule has 9 heteroatoms. The SMILES string of the molecule is COc1ccc(S(=O)(=O)N(C)c2ccc(C(=O)Nc3ccc(I)cc3C)cc2)cc1OC. The van der Waals surface area contributed by atoms with Crippen molar-refractivity contribution in [2.24, 2.45) is 0 Å². The number of anilines is 2. The first kappa shape index (κ1) is 23.9. The molecule has 0 aliphatic carbocycles. The van der Waals surface area contributed by atoms with E-state index in [2.05, 4.69) is 27.9 Å². The summed E-state index contributed by atoms with van der Waals surface area (Å²) in [6.07, 6.45) is 0. The zero-order chi connectivity index (χ0) is 23.5. The highest BCUT2D eigenvalue weighted by Crippen LogP contribution is 2.31. The number of nitrogens with one attached hydrogen (secondary N) is 1. The van der Waals surface area contributed by atoms with E-state index < -0.39 is 10.0 Å². The van der Waals surface area contributed by atoms with Crippen molar-refractivity contribution in [2.75, 3.05) is 30.9 Å². The molecule has 0 saturated heterocycles. The van der Waals surface area contributed by atoms with Gasteiger partial charge in [-0.2, -0.15) is 0 Å². The van der Waals surface area contributed by atoms with Crippen molar-refractivity contribution in [1.29, 1.82) is 0 Å². The number of rotatable bonds is 7. The summed E-state index contributed by atoms with van der Waals surface area (Å²) in [5.41, 5.74) is 2.53. The van der Waals surface area contributed by atoms with Crippen LogP contribution in [0.1, 0.15) is 15.9 Å². The maximum Gasteiger partial charge on any atom is 0.264 e. The second kappa shape index (κ2) is 9.78. The Kier molecular flexibility index (Phi) is 7.29. The topological polar surface area (TPSA) is 84.9 Å². The number of amides is 1. The molecule has 0 atom stereocenters. The van der Waals surface area contributed by atoms with Crippen LogP contribution < -0.4 is 19.1 Å². The van der Waals surface area contributed by atoms with Gasteiger partial charge in [-0.3, -0.25) is 9.10 Å². The van der Waals surface area contributed by atoms with Crippen LogP contribution in [0.2, 0.25) is 0 Å². The lowest BCUT2D eigenvalue weighted by Crippen LogP contribution is -2.26. The van der Waals surface area contributed by atoms with Crippen LogP contribution in [0.5, 0.6) is 11.5 Å². The molecule has 0 heterocycles. The van der Waals surface area contributed by atoms with E-state index in [1.165, 1.54) is 33.4 Å². The number of sulfonamides is 1. The highest BCUT2D eigenvalue weighted by Gasteiger charge is 2.23. The molecule has 0 saturated carbocycles. The fourth-order valence-electron chi connectivity index (χ4n) is 3.06. The first-order valence-electron chi connectivity index (χ1n) is 9.56. The maximum atomic E-state index is 13.1. The van der Waals surface area contributed by atoms with Crippen molar-refractivity contribution in [2.45, 2.75) is 11.8 Å². The molecular formula is C23H23IN2O5S. The van der Waals surface area contributed by atoms with E-state index in [0.717, 1.165) is 19.1 Å². The molecule has 1 N–H and O–H groups in total. The summed E-state index contributed by atoms with van der Waals surface area (Å²) in [5, 5.41) is 2.88. The molecule has 3 rings (SSSR count). The van der Waals surface area contributed by atoms with E-state index in [-0.39, 0.29) is 10.8 Å². The normalized spacial score (nSPS) is 11.0. The fraction of sp³-hybridized carbons (Fsp3) is 0.174. The Morgan fingerprint density at radius 1 is 0.938 bits per heavy atom. The van der Waals surface area contributed by atoms with Gasteiger partial charge in [-0.25, -0.2) is 8.42 Å². The predicted octanol–water partition coefficient (Wildman–Crippen LogP) is 4.69. The van der Waals surface area contributed by atoms with E-state index in [1.807, 2.05) is 25.1 Å². The van der Waals surface area contributed by atoms with Crippen LogP contribution in [-0.4, -0.2) is 35.6 Å². The summed E-state index contributed by atoms with van der Waals surface area (Å²) in [7, 11) is 0.536. The zero-order valence-electron chi connectivity index (χ0n) is 18.0. The summed E-state index contributed by atoms with van der Waals surface area (Å²) in [6, 6.07) is 16.5. The summed E-state index contributed by atoms with van der Waals surface area (Å²) in [4.78, 5) is 12.7. The van der Waals surface area contributed by atoms with E-state index in [1.54, 1.807) is 30.3 Å². The molecular weight excluding hydrogens is 543 g/mol. The van der Waals surface area contributed by atoms with Gasteiger partial charge < -0.3 is 14.8 Å². The molecule has 0 aliphatic heterocycles. The monoisotopic (exact) mass is 566 g/mol. The molecule has 0 radical (unpaired) electrons. The second-order valence-corrected chi connectivity index (χ2v) is 10.2. The van der Waals surface area contributed by atoms with Crippen LogP contribution in [-0.2, 0) is 10.0 Å². The molecule has 0 unspecified atom stereocenters. The Balaban J connectivity index is 1.81. The van der Waals surface area contributed by atoms with Gasteiger partial charge in [0.25, 0.3) is 15.9 Å². The quantitative estimate of drug-likeness (QED) is 0.420. The van der Waals surface area contributed by atoms with Crippen LogP contribution >= 0.6 is 22.6 Å². The number of halogens is 1. The lowest BCUT2D eigenvalue weighted by molar-refractivity contribution is 0.102. The molecule has 1 amide bonds. The Hall–Kier alpha value is -2.79. The Morgan fingerprint density at radius 3 is 2.19 bits per heavy atom. The van der Waals surface area contributed by atoms with Gasteiger partial charge in [0.05, 0.1) is 24.8 Å². The molecule has 168 valence electrons. The maximum absolute atomic E-state index is 13.1. The standard InChI is InChI=1S/C23H23IN2O5S/c1-15-13-17(24)7-11-20(15)25-23(27)16-5-8-18(9-6-16)26(2)32(28,29)19-10-12-21(30-3)22(14-19)31-4/h5-14H,1-4H3,(H,25,27). The van der Waals surface area contributed by atoms with Gasteiger partial charge in [0.1, 0.15) is 0 Å². The van der Waals surface area contributed by atoms with Gasteiger partial charge in [0.15, 0.2) is 11.5 Å². The number of hydrogen-bond donors (Lipinski definition) is 1. The third-order valence-corrected chi connectivity index (χ3v) is 7.40. The number of carbonyl (C=O) groups excluding carboxylic acids is 1. The Bertz CT molecular complexity index is 1240. The van der Waals surface area contributed by atoms with Crippen LogP contribution in [0.15, 0.2) is 65.6 Å². The summed E-state index contributed by atoms with van der Waals surface area (Å²) < 4.78 is 38.8. The number of hydrogen-bond acceptors (Lipinski definition) is 5. The molecule has 0 aliphatic rings. The van der Waals surface area contributed by atoms with E-state index >= 15 is 0 Å². The summed E-state index contributed by atoms with van der Waals surface area (Å²) in [6.45, 7) is 1.93. The third kappa shape index (κ3) is 4.99. The number of methoxy groups -OCH3 is 2. The zero-order valence-corrected chi connectivity index (χ0v) is 21.0. The minimum absolute atomic E-state index is 0.0636. The predicted molar refractivity (Wildman–Crippen MR) is 133 cm³/mol. The number of benzene rings is 3. The summed E-state index contributed by atoms with van der Waals surface area (Å²) >= 11 is 2.22. The van der Waals surface area contributed by atoms with Crippen LogP contribution in [0, 0.1) is 10.5 Å². The Morgan fingerprint density at radius 2 is 1.59 bits per heavy atom. The molecule has 3 aromatic carbocycles. The van der Waals surface area contributed by atoms with E-state index in [0.29, 0.717) is 22.7 Å². The number of ether oxygens (including phenoxy) is 2. The largest absolute Gasteiger partial charge is 0.493 e. The molecule has 32 heavy (non-hydrogen) atoms. The molecule has 0 bridgehead atoms. The van der Waals surface area contributed by atoms with Crippen molar-refractivity contribution in [3.05, 3.63) is 75.4 Å². The summed E-state index contributed by atoms with van der Waals surface area (Å²) in [5.74, 6) is 0.485. The second-order valence-electron chi connectivity index (χ2n) is 6.95. The van der Waals surface area contributed by atoms with Crippen molar-refractivity contribution < 1.29 is 22.7 Å². The van der Waals surface area contributed by atoms with Gasteiger partial charge in [-0.05, 0) is 89.7 Å². The van der Waals surface area contributed by atoms with Gasteiger partial charge in [-0.15, -0.1) is 0 Å². The van der Waals surface area contributed by atoms with Crippen molar-refractivity contribution >= 4 is 49.9 Å². The average Bonchev–Trinajstić information content (AvgIpc) is 2.79. The number of nitrogens with zero attached hydrogens (tertiary/aromatic N) is 1. The van der Waals surface area contributed by atoms with Crippen LogP contribution in [0.3, 0.4) is 0 Å². The molecule has 3 aromatic rings. The first-order valence-corrected chi connectivity index (χ1v) is 12.1. The van der Waals surface area contributed by atoms with Crippen molar-refractivity contribution in [3.63, 3.8) is 0 Å². The van der Waals surface area contributed by atoms with E-state index in [4.69, 9.17) is 9.47 Å². The minimum Gasteiger partial charge on any atom is -0.493 e. The first-order chi connectivity index (χ1) is 15.2. The average molecular weight is 566 g/mol. The molecule has 0 spiro atoms. The van der Waals surface area contributed by atoms with Crippen molar-refractivity contribution in [1.82, 2.24) is 0 Å². The Labute approximate surface area is 201 Å². The molecule has 0 fully saturated rings.